The van der Waals surface area contributed by atoms with Crippen molar-refractivity contribution in [3.8, 4) is 11.5 Å². The van der Waals surface area contributed by atoms with Crippen LogP contribution in [0.25, 0.3) is 22.7 Å². The maximum absolute atomic E-state index is 4.69. The Labute approximate surface area is 142 Å². The van der Waals surface area contributed by atoms with Gasteiger partial charge in [-0.05, 0) is 10.4 Å². The van der Waals surface area contributed by atoms with E-state index in [-0.39, 0.29) is 5.41 Å². The highest BCUT2D eigenvalue weighted by Crippen LogP contribution is 2.26. The number of fused-ring (bicyclic) bond motifs is 1. The SMILES string of the molecule is Cn1nnnc1Cn1nnc2c(-c3ncc[nH]3)nc(C(C)(C)C)nc21. The Kier molecular flexibility index (Phi) is 3.30. The molecule has 4 aromatic rings. The molecule has 0 fully saturated rings. The first-order valence-electron chi connectivity index (χ1n) is 7.76. The number of aromatic amines is 1. The minimum absolute atomic E-state index is 0.239. The number of aromatic nitrogens is 11. The highest BCUT2D eigenvalue weighted by atomic mass is 15.5. The maximum Gasteiger partial charge on any atom is 0.183 e. The molecule has 0 unspecified atom stereocenters. The highest BCUT2D eigenvalue weighted by molar-refractivity contribution is 5.84. The molecule has 0 saturated carbocycles. The Morgan fingerprint density at radius 3 is 2.60 bits per heavy atom. The van der Waals surface area contributed by atoms with Crippen LogP contribution in [-0.2, 0) is 19.0 Å². The molecule has 0 saturated heterocycles. The van der Waals surface area contributed by atoms with Gasteiger partial charge in [-0.3, -0.25) is 0 Å². The second kappa shape index (κ2) is 5.40. The van der Waals surface area contributed by atoms with Gasteiger partial charge in [-0.2, -0.15) is 0 Å². The fourth-order valence-corrected chi connectivity index (χ4v) is 2.37. The standard InChI is InChI=1S/C14H17N11/c1-14(2,3)13-17-9(11-15-5-6-16-11)10-12(18-13)25(22-20-10)7-8-19-21-23-24(8)4/h5-6H,7H2,1-4H3,(H,15,16). The molecule has 0 atom stereocenters. The summed E-state index contributed by atoms with van der Waals surface area (Å²) in [5.41, 5.74) is 1.59. The molecule has 0 amide bonds. The molecule has 0 bridgehead atoms. The van der Waals surface area contributed by atoms with Gasteiger partial charge < -0.3 is 4.98 Å². The molecule has 0 aliphatic carbocycles. The lowest BCUT2D eigenvalue weighted by Crippen LogP contribution is -2.18. The minimum atomic E-state index is -0.239. The van der Waals surface area contributed by atoms with Crippen LogP contribution in [0.4, 0.5) is 0 Å². The van der Waals surface area contributed by atoms with E-state index < -0.39 is 0 Å². The van der Waals surface area contributed by atoms with Gasteiger partial charge in [0, 0.05) is 24.9 Å². The Morgan fingerprint density at radius 2 is 1.96 bits per heavy atom. The van der Waals surface area contributed by atoms with Gasteiger partial charge in [-0.15, -0.1) is 10.2 Å². The third-order valence-electron chi connectivity index (χ3n) is 3.76. The molecule has 0 aliphatic rings. The molecule has 4 aromatic heterocycles. The quantitative estimate of drug-likeness (QED) is 0.570. The molecule has 25 heavy (non-hydrogen) atoms. The number of hydrogen-bond donors (Lipinski definition) is 1. The Balaban J connectivity index is 1.92. The van der Waals surface area contributed by atoms with Crippen LogP contribution in [0.5, 0.6) is 0 Å². The van der Waals surface area contributed by atoms with Crippen molar-refractivity contribution >= 4 is 11.2 Å². The second-order valence-corrected chi connectivity index (χ2v) is 6.72. The lowest BCUT2D eigenvalue weighted by atomic mass is 9.95. The molecule has 11 heteroatoms. The fourth-order valence-electron chi connectivity index (χ4n) is 2.37. The van der Waals surface area contributed by atoms with Crippen LogP contribution in [0, 0.1) is 0 Å². The Bertz CT molecular complexity index is 1020. The first-order valence-corrected chi connectivity index (χ1v) is 7.76. The molecule has 0 radical (unpaired) electrons. The van der Waals surface area contributed by atoms with E-state index in [0.717, 1.165) is 0 Å². The summed E-state index contributed by atoms with van der Waals surface area (Å²) in [5.74, 6) is 1.97. The first-order chi connectivity index (χ1) is 11.9. The predicted molar refractivity (Wildman–Crippen MR) is 87.3 cm³/mol. The summed E-state index contributed by atoms with van der Waals surface area (Å²) in [6.07, 6.45) is 3.42. The molecule has 11 nitrogen and oxygen atoms in total. The molecule has 0 spiro atoms. The van der Waals surface area contributed by atoms with Crippen LogP contribution < -0.4 is 0 Å². The summed E-state index contributed by atoms with van der Waals surface area (Å²) in [7, 11) is 1.78. The summed E-state index contributed by atoms with van der Waals surface area (Å²) in [5, 5.41) is 20.0. The zero-order valence-corrected chi connectivity index (χ0v) is 14.3. The van der Waals surface area contributed by atoms with Gasteiger partial charge >= 0.3 is 0 Å². The number of nitrogens with one attached hydrogen (secondary N) is 1. The molecule has 1 N–H and O–H groups in total. The molecular weight excluding hydrogens is 322 g/mol. The highest BCUT2D eigenvalue weighted by Gasteiger charge is 2.24. The lowest BCUT2D eigenvalue weighted by Gasteiger charge is -2.17. The number of H-pyrrole nitrogens is 1. The second-order valence-electron chi connectivity index (χ2n) is 6.72. The van der Waals surface area contributed by atoms with Crippen LogP contribution >= 0.6 is 0 Å². The van der Waals surface area contributed by atoms with Crippen molar-refractivity contribution < 1.29 is 0 Å². The van der Waals surface area contributed by atoms with E-state index in [1.807, 2.05) is 0 Å². The van der Waals surface area contributed by atoms with Crippen molar-refractivity contribution in [2.24, 2.45) is 7.05 Å². The molecule has 0 aromatic carbocycles. The third kappa shape index (κ3) is 2.62. The van der Waals surface area contributed by atoms with E-state index in [1.54, 1.807) is 28.8 Å². The summed E-state index contributed by atoms with van der Waals surface area (Å²) >= 11 is 0. The molecule has 4 heterocycles. The van der Waals surface area contributed by atoms with Gasteiger partial charge in [0.15, 0.2) is 22.8 Å². The van der Waals surface area contributed by atoms with Crippen molar-refractivity contribution in [2.45, 2.75) is 32.7 Å². The van der Waals surface area contributed by atoms with E-state index in [2.05, 4.69) is 61.6 Å². The van der Waals surface area contributed by atoms with Crippen molar-refractivity contribution in [1.82, 2.24) is 55.1 Å². The van der Waals surface area contributed by atoms with Crippen molar-refractivity contribution in [3.63, 3.8) is 0 Å². The number of aryl methyl sites for hydroxylation is 1. The van der Waals surface area contributed by atoms with Crippen molar-refractivity contribution in [1.29, 1.82) is 0 Å². The van der Waals surface area contributed by atoms with Crippen LogP contribution in [0.15, 0.2) is 12.4 Å². The van der Waals surface area contributed by atoms with Crippen molar-refractivity contribution in [2.75, 3.05) is 0 Å². The fraction of sp³-hybridized carbons (Fsp3) is 0.429. The minimum Gasteiger partial charge on any atom is -0.343 e. The van der Waals surface area contributed by atoms with E-state index in [0.29, 0.717) is 40.9 Å². The third-order valence-corrected chi connectivity index (χ3v) is 3.76. The van der Waals surface area contributed by atoms with Crippen LogP contribution in [0.2, 0.25) is 0 Å². The van der Waals surface area contributed by atoms with Gasteiger partial charge in [0.2, 0.25) is 0 Å². The topological polar surface area (TPSA) is 129 Å². The monoisotopic (exact) mass is 339 g/mol. The van der Waals surface area contributed by atoms with E-state index in [9.17, 15) is 0 Å². The largest absolute Gasteiger partial charge is 0.343 e. The van der Waals surface area contributed by atoms with Crippen LogP contribution in [0.3, 0.4) is 0 Å². The number of imidazole rings is 1. The van der Waals surface area contributed by atoms with E-state index in [4.69, 9.17) is 4.98 Å². The smallest absolute Gasteiger partial charge is 0.183 e. The lowest BCUT2D eigenvalue weighted by molar-refractivity contribution is 0.544. The maximum atomic E-state index is 4.69. The Hall–Kier alpha value is -3.24. The average molecular weight is 339 g/mol. The predicted octanol–water partition coefficient (Wildman–Crippen LogP) is 0.481. The first kappa shape index (κ1) is 15.3. The van der Waals surface area contributed by atoms with Gasteiger partial charge in [0.1, 0.15) is 18.1 Å². The van der Waals surface area contributed by atoms with Crippen molar-refractivity contribution in [3.05, 3.63) is 24.0 Å². The van der Waals surface area contributed by atoms with E-state index >= 15 is 0 Å². The van der Waals surface area contributed by atoms with E-state index in [1.165, 1.54) is 0 Å². The Morgan fingerprint density at radius 1 is 1.12 bits per heavy atom. The number of rotatable bonds is 3. The van der Waals surface area contributed by atoms with Gasteiger partial charge in [-0.25, -0.2) is 24.3 Å². The summed E-state index contributed by atoms with van der Waals surface area (Å²) in [4.78, 5) is 16.7. The van der Waals surface area contributed by atoms with Gasteiger partial charge in [0.05, 0.1) is 0 Å². The summed E-state index contributed by atoms with van der Waals surface area (Å²) < 4.78 is 3.26. The molecule has 0 aliphatic heterocycles. The average Bonchev–Trinajstić information content (AvgIpc) is 3.29. The summed E-state index contributed by atoms with van der Waals surface area (Å²) in [6, 6.07) is 0. The number of nitrogens with zero attached hydrogens (tertiary/aromatic N) is 10. The van der Waals surface area contributed by atoms with Gasteiger partial charge in [-0.1, -0.05) is 26.0 Å². The van der Waals surface area contributed by atoms with Crippen LogP contribution in [-0.4, -0.2) is 55.1 Å². The normalized spacial score (nSPS) is 12.2. The van der Waals surface area contributed by atoms with Crippen LogP contribution in [0.1, 0.15) is 32.4 Å². The number of hydrogen-bond acceptors (Lipinski definition) is 8. The zero-order chi connectivity index (χ0) is 17.6. The molecule has 128 valence electrons. The summed E-state index contributed by atoms with van der Waals surface area (Å²) in [6.45, 7) is 6.53. The molecular formula is C14H17N11. The zero-order valence-electron chi connectivity index (χ0n) is 14.3. The van der Waals surface area contributed by atoms with Gasteiger partial charge in [0.25, 0.3) is 0 Å². The molecule has 4 rings (SSSR count). The number of tetrazole rings is 1.